The summed E-state index contributed by atoms with van der Waals surface area (Å²) < 4.78 is 1.19. The molecule has 0 aliphatic carbocycles. The Balaban J connectivity index is 1.82. The standard InChI is InChI=1S/C13H18IN/c14-11-15-8-6-13(7-9-15)10-12-4-2-1-3-5-12/h1-5,13H,6-11H2. The number of piperidine rings is 1. The number of likely N-dealkylation sites (tertiary alicyclic amines) is 1. The van der Waals surface area contributed by atoms with Crippen molar-refractivity contribution in [2.45, 2.75) is 19.3 Å². The highest BCUT2D eigenvalue weighted by Crippen LogP contribution is 2.21. The summed E-state index contributed by atoms with van der Waals surface area (Å²) in [6.07, 6.45) is 4.02. The quantitative estimate of drug-likeness (QED) is 0.470. The molecule has 0 atom stereocenters. The van der Waals surface area contributed by atoms with E-state index in [-0.39, 0.29) is 0 Å². The van der Waals surface area contributed by atoms with E-state index in [1.165, 1.54) is 42.5 Å². The predicted molar refractivity (Wildman–Crippen MR) is 73.3 cm³/mol. The number of nitrogens with zero attached hydrogens (tertiary/aromatic N) is 1. The Labute approximate surface area is 106 Å². The fourth-order valence-electron chi connectivity index (χ4n) is 2.26. The number of benzene rings is 1. The molecule has 0 bridgehead atoms. The van der Waals surface area contributed by atoms with Gasteiger partial charge >= 0.3 is 0 Å². The summed E-state index contributed by atoms with van der Waals surface area (Å²) in [4.78, 5) is 2.54. The molecule has 0 amide bonds. The molecule has 0 N–H and O–H groups in total. The SMILES string of the molecule is ICN1CCC(Cc2ccccc2)CC1. The van der Waals surface area contributed by atoms with Crippen LogP contribution in [0.15, 0.2) is 30.3 Å². The van der Waals surface area contributed by atoms with E-state index in [2.05, 4.69) is 57.8 Å². The molecule has 1 saturated heterocycles. The summed E-state index contributed by atoms with van der Waals surface area (Å²) in [5, 5.41) is 0. The fraction of sp³-hybridized carbons (Fsp3) is 0.538. The normalized spacial score (nSPS) is 19.3. The van der Waals surface area contributed by atoms with E-state index in [4.69, 9.17) is 0 Å². The molecular weight excluding hydrogens is 297 g/mol. The largest absolute Gasteiger partial charge is 0.294 e. The molecular formula is C13H18IN. The molecule has 1 nitrogen and oxygen atoms in total. The van der Waals surface area contributed by atoms with E-state index in [0.29, 0.717) is 0 Å². The van der Waals surface area contributed by atoms with E-state index in [1.54, 1.807) is 0 Å². The molecule has 0 aromatic heterocycles. The van der Waals surface area contributed by atoms with Gasteiger partial charge in [-0.1, -0.05) is 52.9 Å². The minimum atomic E-state index is 0.909. The lowest BCUT2D eigenvalue weighted by Crippen LogP contribution is -2.33. The number of rotatable bonds is 3. The minimum absolute atomic E-state index is 0.909. The van der Waals surface area contributed by atoms with Crippen LogP contribution in [0.5, 0.6) is 0 Å². The molecule has 1 aromatic rings. The lowest BCUT2D eigenvalue weighted by Gasteiger charge is -2.30. The van der Waals surface area contributed by atoms with Gasteiger partial charge in [0.15, 0.2) is 0 Å². The second kappa shape index (κ2) is 5.85. The van der Waals surface area contributed by atoms with Gasteiger partial charge in [-0.25, -0.2) is 0 Å². The first-order valence-corrected chi connectivity index (χ1v) is 7.23. The van der Waals surface area contributed by atoms with E-state index in [1.807, 2.05) is 0 Å². The van der Waals surface area contributed by atoms with Crippen LogP contribution >= 0.6 is 22.6 Å². The predicted octanol–water partition coefficient (Wildman–Crippen LogP) is 3.33. The first-order chi connectivity index (χ1) is 7.38. The molecule has 1 aliphatic heterocycles. The number of alkyl halides is 1. The van der Waals surface area contributed by atoms with Crippen LogP contribution in [-0.2, 0) is 6.42 Å². The van der Waals surface area contributed by atoms with Gasteiger partial charge in [-0.2, -0.15) is 0 Å². The van der Waals surface area contributed by atoms with E-state index in [9.17, 15) is 0 Å². The van der Waals surface area contributed by atoms with Crippen molar-refractivity contribution in [2.75, 3.05) is 17.6 Å². The van der Waals surface area contributed by atoms with Crippen LogP contribution in [0.2, 0.25) is 0 Å². The van der Waals surface area contributed by atoms with Crippen molar-refractivity contribution in [2.24, 2.45) is 5.92 Å². The maximum Gasteiger partial charge on any atom is 0.0505 e. The summed E-state index contributed by atoms with van der Waals surface area (Å²) in [7, 11) is 0. The third-order valence-corrected chi connectivity index (χ3v) is 4.21. The molecule has 2 rings (SSSR count). The molecule has 15 heavy (non-hydrogen) atoms. The van der Waals surface area contributed by atoms with Crippen LogP contribution in [-0.4, -0.2) is 22.5 Å². The van der Waals surface area contributed by atoms with Crippen molar-refractivity contribution < 1.29 is 0 Å². The van der Waals surface area contributed by atoms with Crippen LogP contribution in [0.3, 0.4) is 0 Å². The Kier molecular flexibility index (Phi) is 4.44. The van der Waals surface area contributed by atoms with Gasteiger partial charge in [-0.15, -0.1) is 0 Å². The zero-order chi connectivity index (χ0) is 10.5. The molecule has 0 unspecified atom stereocenters. The minimum Gasteiger partial charge on any atom is -0.294 e. The zero-order valence-electron chi connectivity index (χ0n) is 9.03. The molecule has 0 spiro atoms. The molecule has 2 heteroatoms. The third-order valence-electron chi connectivity index (χ3n) is 3.24. The van der Waals surface area contributed by atoms with Crippen LogP contribution < -0.4 is 0 Å². The molecule has 1 aliphatic rings. The maximum absolute atomic E-state index is 2.54. The molecule has 1 fully saturated rings. The Bertz CT molecular complexity index is 278. The molecule has 0 radical (unpaired) electrons. The van der Waals surface area contributed by atoms with Gasteiger partial charge in [0.05, 0.1) is 4.55 Å². The third kappa shape index (κ3) is 3.45. The summed E-state index contributed by atoms with van der Waals surface area (Å²) >= 11 is 2.46. The Morgan fingerprint density at radius 3 is 2.40 bits per heavy atom. The van der Waals surface area contributed by atoms with Gasteiger partial charge in [0.25, 0.3) is 0 Å². The molecule has 0 saturated carbocycles. The van der Waals surface area contributed by atoms with Gasteiger partial charge in [0.1, 0.15) is 0 Å². The topological polar surface area (TPSA) is 3.24 Å². The Morgan fingerprint density at radius 1 is 1.13 bits per heavy atom. The van der Waals surface area contributed by atoms with Crippen LogP contribution in [0, 0.1) is 5.92 Å². The van der Waals surface area contributed by atoms with Crippen LogP contribution in [0.1, 0.15) is 18.4 Å². The lowest BCUT2D eigenvalue weighted by atomic mass is 9.90. The van der Waals surface area contributed by atoms with Crippen molar-refractivity contribution >= 4 is 22.6 Å². The fourth-order valence-corrected chi connectivity index (χ4v) is 2.94. The smallest absolute Gasteiger partial charge is 0.0505 e. The van der Waals surface area contributed by atoms with Gasteiger partial charge in [0, 0.05) is 0 Å². The van der Waals surface area contributed by atoms with E-state index in [0.717, 1.165) is 5.92 Å². The van der Waals surface area contributed by atoms with Crippen LogP contribution in [0.25, 0.3) is 0 Å². The molecule has 1 aromatic carbocycles. The summed E-state index contributed by atoms with van der Waals surface area (Å²) in [6.45, 7) is 2.58. The van der Waals surface area contributed by atoms with Crippen molar-refractivity contribution in [1.29, 1.82) is 0 Å². The average molecular weight is 315 g/mol. The zero-order valence-corrected chi connectivity index (χ0v) is 11.2. The van der Waals surface area contributed by atoms with E-state index >= 15 is 0 Å². The highest BCUT2D eigenvalue weighted by molar-refractivity contribution is 14.1. The summed E-state index contributed by atoms with van der Waals surface area (Å²) in [5.74, 6) is 0.909. The first-order valence-electron chi connectivity index (χ1n) is 5.70. The van der Waals surface area contributed by atoms with Gasteiger partial charge in [0.2, 0.25) is 0 Å². The molecule has 82 valence electrons. The Morgan fingerprint density at radius 2 is 1.80 bits per heavy atom. The second-order valence-electron chi connectivity index (χ2n) is 4.37. The number of halogens is 1. The first kappa shape index (κ1) is 11.4. The van der Waals surface area contributed by atoms with Crippen LogP contribution in [0.4, 0.5) is 0 Å². The monoisotopic (exact) mass is 315 g/mol. The highest BCUT2D eigenvalue weighted by Gasteiger charge is 2.18. The van der Waals surface area contributed by atoms with Gasteiger partial charge < -0.3 is 0 Å². The van der Waals surface area contributed by atoms with Crippen molar-refractivity contribution in [3.63, 3.8) is 0 Å². The van der Waals surface area contributed by atoms with Crippen molar-refractivity contribution in [3.8, 4) is 0 Å². The number of hydrogen-bond donors (Lipinski definition) is 0. The summed E-state index contributed by atoms with van der Waals surface area (Å²) in [6, 6.07) is 10.9. The van der Waals surface area contributed by atoms with Gasteiger partial charge in [-0.3, -0.25) is 4.90 Å². The lowest BCUT2D eigenvalue weighted by molar-refractivity contribution is 0.215. The second-order valence-corrected chi connectivity index (χ2v) is 5.05. The molecule has 1 heterocycles. The summed E-state index contributed by atoms with van der Waals surface area (Å²) in [5.41, 5.74) is 1.51. The average Bonchev–Trinajstić information content (AvgIpc) is 2.31. The van der Waals surface area contributed by atoms with E-state index < -0.39 is 0 Å². The van der Waals surface area contributed by atoms with Crippen molar-refractivity contribution in [3.05, 3.63) is 35.9 Å². The number of hydrogen-bond acceptors (Lipinski definition) is 1. The van der Waals surface area contributed by atoms with Gasteiger partial charge in [-0.05, 0) is 43.8 Å². The Hall–Kier alpha value is -0.0900. The van der Waals surface area contributed by atoms with Crippen molar-refractivity contribution in [1.82, 2.24) is 4.90 Å². The maximum atomic E-state index is 2.54. The highest BCUT2D eigenvalue weighted by atomic mass is 127.